The van der Waals surface area contributed by atoms with E-state index in [-0.39, 0.29) is 0 Å². The average molecular weight is 259 g/mol. The third-order valence-corrected chi connectivity index (χ3v) is 4.24. The lowest BCUT2D eigenvalue weighted by Gasteiger charge is -2.21. The van der Waals surface area contributed by atoms with E-state index in [1.165, 1.54) is 37.7 Å². The fourth-order valence-corrected chi connectivity index (χ4v) is 3.30. The summed E-state index contributed by atoms with van der Waals surface area (Å²) in [7, 11) is 3.72. The van der Waals surface area contributed by atoms with Crippen molar-refractivity contribution in [2.75, 3.05) is 12.8 Å². The lowest BCUT2D eigenvalue weighted by atomic mass is 9.84. The molecule has 102 valence electrons. The molecular weight excluding hydrogens is 238 g/mol. The van der Waals surface area contributed by atoms with Gasteiger partial charge in [-0.05, 0) is 24.3 Å². The molecule has 0 aromatic carbocycles. The predicted octanol–water partition coefficient (Wildman–Crippen LogP) is 3.21. The first-order chi connectivity index (χ1) is 9.22. The summed E-state index contributed by atoms with van der Waals surface area (Å²) in [6, 6.07) is 0. The smallest absolute Gasteiger partial charge is 0.154 e. The van der Waals surface area contributed by atoms with Gasteiger partial charge in [0.25, 0.3) is 0 Å². The zero-order valence-electron chi connectivity index (χ0n) is 11.6. The molecule has 4 heteroatoms. The largest absolute Gasteiger partial charge is 0.494 e. The van der Waals surface area contributed by atoms with E-state index in [1.54, 1.807) is 13.3 Å². The third kappa shape index (κ3) is 1.95. The molecule has 0 atom stereocenters. The number of hydrogen-bond donors (Lipinski definition) is 1. The highest BCUT2D eigenvalue weighted by Crippen LogP contribution is 2.41. The van der Waals surface area contributed by atoms with E-state index >= 15 is 0 Å². The van der Waals surface area contributed by atoms with Crippen LogP contribution in [0.15, 0.2) is 12.4 Å². The van der Waals surface area contributed by atoms with Gasteiger partial charge in [0, 0.05) is 13.2 Å². The van der Waals surface area contributed by atoms with Crippen LogP contribution in [0.5, 0.6) is 5.75 Å². The quantitative estimate of drug-likeness (QED) is 0.901. The fraction of sp³-hybridized carbons (Fsp3) is 0.533. The number of ether oxygens (including phenoxy) is 1. The summed E-state index contributed by atoms with van der Waals surface area (Å²) >= 11 is 0. The Morgan fingerprint density at radius 3 is 2.74 bits per heavy atom. The van der Waals surface area contributed by atoms with Crippen molar-refractivity contribution in [1.29, 1.82) is 0 Å². The van der Waals surface area contributed by atoms with Crippen molar-refractivity contribution in [2.45, 2.75) is 38.0 Å². The number of anilines is 1. The highest BCUT2D eigenvalue weighted by atomic mass is 16.5. The van der Waals surface area contributed by atoms with Crippen LogP contribution in [0.3, 0.4) is 0 Å². The van der Waals surface area contributed by atoms with Crippen LogP contribution in [0.4, 0.5) is 5.69 Å². The number of nitrogen functional groups attached to an aromatic ring is 1. The molecule has 3 rings (SSSR count). The number of methoxy groups -OCH3 is 1. The Labute approximate surface area is 113 Å². The Kier molecular flexibility index (Phi) is 3.09. The minimum absolute atomic E-state index is 0.620. The normalized spacial score (nSPS) is 16.9. The van der Waals surface area contributed by atoms with Gasteiger partial charge in [-0.15, -0.1) is 0 Å². The second-order valence-corrected chi connectivity index (χ2v) is 5.48. The monoisotopic (exact) mass is 259 g/mol. The molecule has 0 saturated heterocycles. The molecule has 2 N–H and O–H groups in total. The van der Waals surface area contributed by atoms with Gasteiger partial charge >= 0.3 is 0 Å². The van der Waals surface area contributed by atoms with Gasteiger partial charge < -0.3 is 15.0 Å². The SMILES string of the molecule is COc1c(N)cnc2c1c(C1CCCCC1)cn2C. The van der Waals surface area contributed by atoms with E-state index in [4.69, 9.17) is 10.5 Å². The average Bonchev–Trinajstić information content (AvgIpc) is 2.77. The number of fused-ring (bicyclic) bond motifs is 1. The molecule has 19 heavy (non-hydrogen) atoms. The van der Waals surface area contributed by atoms with Crippen LogP contribution in [0, 0.1) is 0 Å². The van der Waals surface area contributed by atoms with Crippen LogP contribution in [-0.2, 0) is 7.05 Å². The Hall–Kier alpha value is -1.71. The Balaban J connectivity index is 2.20. The number of hydrogen-bond acceptors (Lipinski definition) is 3. The van der Waals surface area contributed by atoms with E-state index < -0.39 is 0 Å². The lowest BCUT2D eigenvalue weighted by molar-refractivity contribution is 0.418. The fourth-order valence-electron chi connectivity index (χ4n) is 3.30. The minimum Gasteiger partial charge on any atom is -0.494 e. The van der Waals surface area contributed by atoms with Gasteiger partial charge in [0.2, 0.25) is 0 Å². The summed E-state index contributed by atoms with van der Waals surface area (Å²) in [5, 5.41) is 1.11. The molecule has 0 radical (unpaired) electrons. The highest BCUT2D eigenvalue weighted by molar-refractivity contribution is 5.91. The van der Waals surface area contributed by atoms with Crippen LogP contribution in [-0.4, -0.2) is 16.7 Å². The second kappa shape index (κ2) is 4.76. The number of aromatic nitrogens is 2. The first-order valence-corrected chi connectivity index (χ1v) is 6.99. The Morgan fingerprint density at radius 1 is 1.32 bits per heavy atom. The topological polar surface area (TPSA) is 53.1 Å². The van der Waals surface area contributed by atoms with E-state index in [2.05, 4.69) is 15.7 Å². The first kappa shape index (κ1) is 12.3. The zero-order chi connectivity index (χ0) is 13.4. The van der Waals surface area contributed by atoms with Crippen LogP contribution in [0.2, 0.25) is 0 Å². The standard InChI is InChI=1S/C15H21N3O/c1-18-9-11(10-6-4-3-5-7-10)13-14(19-2)12(16)8-17-15(13)18/h8-10H,3-7,16H2,1-2H3. The van der Waals surface area contributed by atoms with Crippen molar-refractivity contribution in [1.82, 2.24) is 9.55 Å². The van der Waals surface area contributed by atoms with Gasteiger partial charge in [-0.2, -0.15) is 0 Å². The number of nitrogens with two attached hydrogens (primary N) is 1. The van der Waals surface area contributed by atoms with Crippen molar-refractivity contribution >= 4 is 16.7 Å². The van der Waals surface area contributed by atoms with Gasteiger partial charge in [-0.3, -0.25) is 0 Å². The van der Waals surface area contributed by atoms with Crippen molar-refractivity contribution in [3.63, 3.8) is 0 Å². The van der Waals surface area contributed by atoms with Crippen LogP contribution < -0.4 is 10.5 Å². The Bertz CT molecular complexity index is 597. The van der Waals surface area contributed by atoms with Crippen LogP contribution in [0.1, 0.15) is 43.6 Å². The van der Waals surface area contributed by atoms with E-state index in [1.807, 2.05) is 7.05 Å². The molecule has 1 saturated carbocycles. The Morgan fingerprint density at radius 2 is 2.05 bits per heavy atom. The molecule has 1 aliphatic carbocycles. The van der Waals surface area contributed by atoms with Crippen molar-refractivity contribution in [3.05, 3.63) is 18.0 Å². The molecule has 2 aromatic rings. The van der Waals surface area contributed by atoms with Gasteiger partial charge in [0.15, 0.2) is 5.75 Å². The summed E-state index contributed by atoms with van der Waals surface area (Å²) in [6.45, 7) is 0. The second-order valence-electron chi connectivity index (χ2n) is 5.48. The molecule has 2 heterocycles. The van der Waals surface area contributed by atoms with Crippen LogP contribution in [0.25, 0.3) is 11.0 Å². The molecule has 2 aromatic heterocycles. The molecule has 0 bridgehead atoms. The van der Waals surface area contributed by atoms with Gasteiger partial charge in [-0.1, -0.05) is 19.3 Å². The van der Waals surface area contributed by atoms with Crippen molar-refractivity contribution < 1.29 is 4.74 Å². The molecule has 1 aliphatic rings. The highest BCUT2D eigenvalue weighted by Gasteiger charge is 2.23. The number of aryl methyl sites for hydroxylation is 1. The molecule has 0 spiro atoms. The molecule has 1 fully saturated rings. The van der Waals surface area contributed by atoms with Gasteiger partial charge in [0.1, 0.15) is 5.65 Å². The summed E-state index contributed by atoms with van der Waals surface area (Å²) < 4.78 is 7.61. The zero-order valence-corrected chi connectivity index (χ0v) is 11.6. The van der Waals surface area contributed by atoms with E-state index in [0.717, 1.165) is 16.8 Å². The number of rotatable bonds is 2. The maximum absolute atomic E-state index is 6.01. The van der Waals surface area contributed by atoms with Crippen LogP contribution >= 0.6 is 0 Å². The lowest BCUT2D eigenvalue weighted by Crippen LogP contribution is -2.04. The molecule has 0 amide bonds. The maximum atomic E-state index is 6.01. The predicted molar refractivity (Wildman–Crippen MR) is 77.5 cm³/mol. The summed E-state index contributed by atoms with van der Waals surface area (Å²) in [5.74, 6) is 1.40. The molecule has 4 nitrogen and oxygen atoms in total. The molecular formula is C15H21N3O. The first-order valence-electron chi connectivity index (χ1n) is 6.99. The summed E-state index contributed by atoms with van der Waals surface area (Å²) in [6.07, 6.45) is 10.4. The summed E-state index contributed by atoms with van der Waals surface area (Å²) in [5.41, 5.74) is 8.95. The molecule has 0 unspecified atom stereocenters. The minimum atomic E-state index is 0.620. The summed E-state index contributed by atoms with van der Waals surface area (Å²) in [4.78, 5) is 4.46. The molecule has 0 aliphatic heterocycles. The number of pyridine rings is 1. The maximum Gasteiger partial charge on any atom is 0.154 e. The van der Waals surface area contributed by atoms with E-state index in [9.17, 15) is 0 Å². The van der Waals surface area contributed by atoms with Crippen molar-refractivity contribution in [3.8, 4) is 5.75 Å². The van der Waals surface area contributed by atoms with Gasteiger partial charge in [-0.25, -0.2) is 4.98 Å². The number of nitrogens with zero attached hydrogens (tertiary/aromatic N) is 2. The van der Waals surface area contributed by atoms with Crippen molar-refractivity contribution in [2.24, 2.45) is 7.05 Å². The third-order valence-electron chi connectivity index (χ3n) is 4.24. The van der Waals surface area contributed by atoms with Gasteiger partial charge in [0.05, 0.1) is 24.4 Å². The van der Waals surface area contributed by atoms with E-state index in [0.29, 0.717) is 11.6 Å².